The molecule has 2 nitrogen and oxygen atoms in total. The lowest BCUT2D eigenvalue weighted by molar-refractivity contribution is 0.0623. The van der Waals surface area contributed by atoms with E-state index in [0.717, 1.165) is 24.2 Å². The summed E-state index contributed by atoms with van der Waals surface area (Å²) in [6, 6.07) is 7.88. The summed E-state index contributed by atoms with van der Waals surface area (Å²) in [7, 11) is 0. The van der Waals surface area contributed by atoms with Gasteiger partial charge in [-0.2, -0.15) is 0 Å². The van der Waals surface area contributed by atoms with Crippen molar-refractivity contribution in [1.82, 2.24) is 4.90 Å². The number of likely N-dealkylation sites (tertiary alicyclic amines) is 1. The predicted octanol–water partition coefficient (Wildman–Crippen LogP) is 3.11. The molecule has 0 aliphatic carbocycles. The molecule has 0 radical (unpaired) electrons. The molecule has 0 N–H and O–H groups in total. The van der Waals surface area contributed by atoms with Crippen molar-refractivity contribution in [2.75, 3.05) is 13.1 Å². The maximum absolute atomic E-state index is 12.4. The van der Waals surface area contributed by atoms with Gasteiger partial charge in [-0.3, -0.25) is 4.79 Å². The van der Waals surface area contributed by atoms with Gasteiger partial charge in [-0.25, -0.2) is 0 Å². The number of hydrogen-bond acceptors (Lipinski definition) is 1. The quantitative estimate of drug-likeness (QED) is 0.727. The first kappa shape index (κ1) is 12.2. The second-order valence-corrected chi connectivity index (χ2v) is 5.53. The van der Waals surface area contributed by atoms with Crippen LogP contribution in [0, 0.1) is 18.8 Å². The second-order valence-electron chi connectivity index (χ2n) is 5.53. The predicted molar refractivity (Wildman–Crippen MR) is 70.0 cm³/mol. The molecule has 0 unspecified atom stereocenters. The van der Waals surface area contributed by atoms with Crippen molar-refractivity contribution >= 4 is 5.91 Å². The van der Waals surface area contributed by atoms with Gasteiger partial charge in [0.1, 0.15) is 0 Å². The third-order valence-electron chi connectivity index (χ3n) is 3.42. The Morgan fingerprint density at radius 3 is 2.47 bits per heavy atom. The van der Waals surface area contributed by atoms with Crippen molar-refractivity contribution in [1.29, 1.82) is 0 Å². The first-order chi connectivity index (χ1) is 8.06. The van der Waals surface area contributed by atoms with Gasteiger partial charge in [0.2, 0.25) is 0 Å². The van der Waals surface area contributed by atoms with Crippen LogP contribution in [0.4, 0.5) is 0 Å². The molecule has 1 aliphatic heterocycles. The minimum Gasteiger partial charge on any atom is -0.338 e. The minimum atomic E-state index is 0.187. The Morgan fingerprint density at radius 2 is 1.88 bits per heavy atom. The molecular weight excluding hydrogens is 210 g/mol. The highest BCUT2D eigenvalue weighted by atomic mass is 16.2. The number of piperidine rings is 1. The molecule has 0 saturated carbocycles. The normalized spacial score (nSPS) is 24.8. The van der Waals surface area contributed by atoms with Gasteiger partial charge in [-0.05, 0) is 37.3 Å². The fourth-order valence-corrected chi connectivity index (χ4v) is 2.79. The van der Waals surface area contributed by atoms with E-state index in [9.17, 15) is 4.79 Å². The van der Waals surface area contributed by atoms with Crippen LogP contribution >= 0.6 is 0 Å². The number of hydrogen-bond donors (Lipinski definition) is 0. The van der Waals surface area contributed by atoms with Crippen LogP contribution in [0.25, 0.3) is 0 Å². The van der Waals surface area contributed by atoms with E-state index in [0.29, 0.717) is 11.8 Å². The molecule has 2 atom stereocenters. The Kier molecular flexibility index (Phi) is 3.51. The summed E-state index contributed by atoms with van der Waals surface area (Å²) in [6.45, 7) is 8.28. The van der Waals surface area contributed by atoms with Crippen LogP contribution in [0.2, 0.25) is 0 Å². The van der Waals surface area contributed by atoms with E-state index in [1.54, 1.807) is 0 Å². The number of rotatable bonds is 1. The topological polar surface area (TPSA) is 20.3 Å². The minimum absolute atomic E-state index is 0.187. The van der Waals surface area contributed by atoms with Gasteiger partial charge in [-0.15, -0.1) is 0 Å². The van der Waals surface area contributed by atoms with Crippen molar-refractivity contribution in [2.45, 2.75) is 27.2 Å². The van der Waals surface area contributed by atoms with Crippen molar-refractivity contribution in [2.24, 2.45) is 11.8 Å². The SMILES string of the molecule is Cc1cccc(C(=O)N2C[C@@H](C)C[C@H](C)C2)c1. The molecular formula is C15H21NO. The van der Waals surface area contributed by atoms with Crippen LogP contribution in [0.3, 0.4) is 0 Å². The van der Waals surface area contributed by atoms with E-state index in [2.05, 4.69) is 13.8 Å². The number of amides is 1. The average Bonchev–Trinajstić information content (AvgIpc) is 2.26. The van der Waals surface area contributed by atoms with Crippen LogP contribution in [-0.2, 0) is 0 Å². The monoisotopic (exact) mass is 231 g/mol. The van der Waals surface area contributed by atoms with Crippen LogP contribution in [0.5, 0.6) is 0 Å². The van der Waals surface area contributed by atoms with Crippen LogP contribution in [0.15, 0.2) is 24.3 Å². The highest BCUT2D eigenvalue weighted by Crippen LogP contribution is 2.22. The van der Waals surface area contributed by atoms with Gasteiger partial charge in [0.05, 0.1) is 0 Å². The number of aryl methyl sites for hydroxylation is 1. The fraction of sp³-hybridized carbons (Fsp3) is 0.533. The lowest BCUT2D eigenvalue weighted by atomic mass is 9.91. The number of nitrogens with zero attached hydrogens (tertiary/aromatic N) is 1. The molecule has 0 spiro atoms. The van der Waals surface area contributed by atoms with Crippen LogP contribution in [-0.4, -0.2) is 23.9 Å². The highest BCUT2D eigenvalue weighted by molar-refractivity contribution is 5.94. The largest absolute Gasteiger partial charge is 0.338 e. The Labute approximate surface area is 104 Å². The van der Waals surface area contributed by atoms with E-state index in [1.165, 1.54) is 6.42 Å². The summed E-state index contributed by atoms with van der Waals surface area (Å²) in [5, 5.41) is 0. The number of carbonyl (C=O) groups is 1. The first-order valence-electron chi connectivity index (χ1n) is 6.42. The first-order valence-corrected chi connectivity index (χ1v) is 6.42. The van der Waals surface area contributed by atoms with Crippen molar-refractivity contribution in [3.63, 3.8) is 0 Å². The fourth-order valence-electron chi connectivity index (χ4n) is 2.79. The molecule has 1 heterocycles. The lowest BCUT2D eigenvalue weighted by Crippen LogP contribution is -2.42. The van der Waals surface area contributed by atoms with Gasteiger partial charge >= 0.3 is 0 Å². The molecule has 2 heteroatoms. The Hall–Kier alpha value is -1.31. The van der Waals surface area contributed by atoms with Gasteiger partial charge in [0, 0.05) is 18.7 Å². The third kappa shape index (κ3) is 2.87. The van der Waals surface area contributed by atoms with Gasteiger partial charge in [0.25, 0.3) is 5.91 Å². The molecule has 1 fully saturated rings. The summed E-state index contributed by atoms with van der Waals surface area (Å²) < 4.78 is 0. The zero-order valence-electron chi connectivity index (χ0n) is 10.9. The van der Waals surface area contributed by atoms with Gasteiger partial charge in [-0.1, -0.05) is 31.5 Å². The van der Waals surface area contributed by atoms with E-state index >= 15 is 0 Å². The molecule has 0 bridgehead atoms. The second kappa shape index (κ2) is 4.91. The standard InChI is InChI=1S/C15H21NO/c1-11-5-4-6-14(8-11)15(17)16-9-12(2)7-13(3)10-16/h4-6,8,12-13H,7,9-10H2,1-3H3/t12-,13-/m0/s1. The van der Waals surface area contributed by atoms with Crippen molar-refractivity contribution in [3.05, 3.63) is 35.4 Å². The molecule has 1 amide bonds. The number of benzene rings is 1. The summed E-state index contributed by atoms with van der Waals surface area (Å²) in [5.74, 6) is 1.42. The van der Waals surface area contributed by atoms with Crippen LogP contribution in [0.1, 0.15) is 36.2 Å². The van der Waals surface area contributed by atoms with Crippen LogP contribution < -0.4 is 0 Å². The Balaban J connectivity index is 2.14. The highest BCUT2D eigenvalue weighted by Gasteiger charge is 2.25. The lowest BCUT2D eigenvalue weighted by Gasteiger charge is -2.35. The van der Waals surface area contributed by atoms with Gasteiger partial charge in [0.15, 0.2) is 0 Å². The Bertz CT molecular complexity index is 403. The molecule has 2 rings (SSSR count). The molecule has 0 aromatic heterocycles. The molecule has 1 saturated heterocycles. The van der Waals surface area contributed by atoms with E-state index in [4.69, 9.17) is 0 Å². The maximum atomic E-state index is 12.4. The summed E-state index contributed by atoms with van der Waals surface area (Å²) in [4.78, 5) is 14.4. The summed E-state index contributed by atoms with van der Waals surface area (Å²) in [6.07, 6.45) is 1.23. The summed E-state index contributed by atoms with van der Waals surface area (Å²) >= 11 is 0. The van der Waals surface area contributed by atoms with E-state index in [1.807, 2.05) is 36.1 Å². The van der Waals surface area contributed by atoms with E-state index in [-0.39, 0.29) is 5.91 Å². The zero-order chi connectivity index (χ0) is 12.4. The third-order valence-corrected chi connectivity index (χ3v) is 3.42. The van der Waals surface area contributed by atoms with Gasteiger partial charge < -0.3 is 4.90 Å². The molecule has 1 aromatic carbocycles. The van der Waals surface area contributed by atoms with Crippen molar-refractivity contribution < 1.29 is 4.79 Å². The Morgan fingerprint density at radius 1 is 1.24 bits per heavy atom. The zero-order valence-corrected chi connectivity index (χ0v) is 10.9. The summed E-state index contributed by atoms with van der Waals surface area (Å²) in [5.41, 5.74) is 1.97. The molecule has 17 heavy (non-hydrogen) atoms. The molecule has 92 valence electrons. The van der Waals surface area contributed by atoms with E-state index < -0.39 is 0 Å². The molecule has 1 aliphatic rings. The number of carbonyl (C=O) groups excluding carboxylic acids is 1. The maximum Gasteiger partial charge on any atom is 0.253 e. The smallest absolute Gasteiger partial charge is 0.253 e. The molecule has 1 aromatic rings. The average molecular weight is 231 g/mol. The van der Waals surface area contributed by atoms with Crippen molar-refractivity contribution in [3.8, 4) is 0 Å².